The zero-order chi connectivity index (χ0) is 21.2. The van der Waals surface area contributed by atoms with Crippen LogP contribution in [0.25, 0.3) is 0 Å². The summed E-state index contributed by atoms with van der Waals surface area (Å²) in [6.07, 6.45) is 17.1. The van der Waals surface area contributed by atoms with Crippen molar-refractivity contribution in [2.45, 2.75) is 110 Å². The van der Waals surface area contributed by atoms with Crippen molar-refractivity contribution in [1.29, 1.82) is 0 Å². The van der Waals surface area contributed by atoms with Gasteiger partial charge in [0.2, 0.25) is 0 Å². The first-order valence-electron chi connectivity index (χ1n) is 12.1. The standard InChI is InChI=1S/C27H44O2/c1-19(8-6-16-26(3,4)29)23-14-15-24-22(9-7-17-27(23,24)5)13-12-21-11-10-20(2)25(28)18-21/h12-13,19,23-25,28-29H,2,6-11,14-18H2,1,3-5H3/b21-12-,22-13+/t19-,23?,24?,25+,27+/m0/s1. The van der Waals surface area contributed by atoms with Crippen molar-refractivity contribution in [3.8, 4) is 0 Å². The highest BCUT2D eigenvalue weighted by Gasteiger charge is 2.50. The van der Waals surface area contributed by atoms with Crippen LogP contribution in [0.15, 0.2) is 35.5 Å². The molecule has 5 atom stereocenters. The van der Waals surface area contributed by atoms with E-state index >= 15 is 0 Å². The van der Waals surface area contributed by atoms with Crippen molar-refractivity contribution in [3.63, 3.8) is 0 Å². The van der Waals surface area contributed by atoms with E-state index in [1.165, 1.54) is 44.1 Å². The Balaban J connectivity index is 1.65. The third kappa shape index (κ3) is 5.44. The fourth-order valence-corrected chi connectivity index (χ4v) is 6.63. The van der Waals surface area contributed by atoms with Crippen LogP contribution in [0.2, 0.25) is 0 Å². The van der Waals surface area contributed by atoms with Gasteiger partial charge in [-0.3, -0.25) is 0 Å². The zero-order valence-corrected chi connectivity index (χ0v) is 19.3. The molecule has 0 amide bonds. The van der Waals surface area contributed by atoms with E-state index in [0.717, 1.165) is 55.4 Å². The van der Waals surface area contributed by atoms with Gasteiger partial charge in [0.25, 0.3) is 0 Å². The Kier molecular flexibility index (Phi) is 7.16. The molecule has 2 unspecified atom stereocenters. The molecule has 0 saturated heterocycles. The predicted octanol–water partition coefficient (Wildman–Crippen LogP) is 6.73. The van der Waals surface area contributed by atoms with Crippen LogP contribution in [0.4, 0.5) is 0 Å². The molecule has 0 radical (unpaired) electrons. The molecule has 0 aromatic carbocycles. The fraction of sp³-hybridized carbons (Fsp3) is 0.778. The van der Waals surface area contributed by atoms with Crippen molar-refractivity contribution < 1.29 is 10.2 Å². The van der Waals surface area contributed by atoms with Crippen LogP contribution >= 0.6 is 0 Å². The number of fused-ring (bicyclic) bond motifs is 1. The first-order valence-corrected chi connectivity index (χ1v) is 12.1. The van der Waals surface area contributed by atoms with Crippen LogP contribution in [-0.4, -0.2) is 21.9 Å². The molecular weight excluding hydrogens is 356 g/mol. The van der Waals surface area contributed by atoms with Gasteiger partial charge in [-0.05, 0) is 100 Å². The van der Waals surface area contributed by atoms with Crippen LogP contribution in [0.5, 0.6) is 0 Å². The van der Waals surface area contributed by atoms with Gasteiger partial charge in [0.05, 0.1) is 11.7 Å². The monoisotopic (exact) mass is 400 g/mol. The summed E-state index contributed by atoms with van der Waals surface area (Å²) in [5.74, 6) is 2.29. The summed E-state index contributed by atoms with van der Waals surface area (Å²) in [6, 6.07) is 0. The summed E-state index contributed by atoms with van der Waals surface area (Å²) in [4.78, 5) is 0. The summed E-state index contributed by atoms with van der Waals surface area (Å²) in [7, 11) is 0. The number of hydrogen-bond donors (Lipinski definition) is 2. The normalized spacial score (nSPS) is 37.2. The lowest BCUT2D eigenvalue weighted by Gasteiger charge is -2.44. The Labute approximate surface area is 179 Å². The highest BCUT2D eigenvalue weighted by Crippen LogP contribution is 2.59. The lowest BCUT2D eigenvalue weighted by atomic mass is 9.60. The molecule has 29 heavy (non-hydrogen) atoms. The second-order valence-corrected chi connectivity index (χ2v) is 11.2. The van der Waals surface area contributed by atoms with E-state index in [1.54, 1.807) is 5.57 Å². The van der Waals surface area contributed by atoms with Crippen molar-refractivity contribution in [1.82, 2.24) is 0 Å². The Morgan fingerprint density at radius 2 is 1.97 bits per heavy atom. The van der Waals surface area contributed by atoms with Gasteiger partial charge in [0, 0.05) is 0 Å². The van der Waals surface area contributed by atoms with Crippen LogP contribution in [0, 0.1) is 23.2 Å². The Morgan fingerprint density at radius 1 is 1.21 bits per heavy atom. The number of aliphatic hydroxyl groups excluding tert-OH is 1. The molecule has 0 aromatic heterocycles. The number of rotatable bonds is 6. The zero-order valence-electron chi connectivity index (χ0n) is 19.3. The van der Waals surface area contributed by atoms with E-state index in [-0.39, 0.29) is 6.10 Å². The maximum atomic E-state index is 10.1. The van der Waals surface area contributed by atoms with Crippen LogP contribution in [0.1, 0.15) is 98.3 Å². The lowest BCUT2D eigenvalue weighted by molar-refractivity contribution is 0.0596. The van der Waals surface area contributed by atoms with E-state index in [2.05, 4.69) is 32.6 Å². The molecule has 0 aromatic rings. The van der Waals surface area contributed by atoms with Gasteiger partial charge in [0.15, 0.2) is 0 Å². The summed E-state index contributed by atoms with van der Waals surface area (Å²) in [5, 5.41) is 20.1. The summed E-state index contributed by atoms with van der Waals surface area (Å²) >= 11 is 0. The molecule has 3 rings (SSSR count). The van der Waals surface area contributed by atoms with Gasteiger partial charge >= 0.3 is 0 Å². The summed E-state index contributed by atoms with van der Waals surface area (Å²) < 4.78 is 0. The van der Waals surface area contributed by atoms with Gasteiger partial charge < -0.3 is 10.2 Å². The molecule has 0 spiro atoms. The van der Waals surface area contributed by atoms with Crippen molar-refractivity contribution in [3.05, 3.63) is 35.5 Å². The van der Waals surface area contributed by atoms with Crippen LogP contribution in [0.3, 0.4) is 0 Å². The molecule has 3 saturated carbocycles. The summed E-state index contributed by atoms with van der Waals surface area (Å²) in [6.45, 7) is 12.9. The number of aliphatic hydroxyl groups is 2. The Bertz CT molecular complexity index is 650. The quantitative estimate of drug-likeness (QED) is 0.485. The maximum absolute atomic E-state index is 10.1. The summed E-state index contributed by atoms with van der Waals surface area (Å²) in [5.41, 5.74) is 3.96. The van der Waals surface area contributed by atoms with Gasteiger partial charge in [-0.15, -0.1) is 0 Å². The number of allylic oxidation sites excluding steroid dienone is 3. The minimum atomic E-state index is -0.533. The van der Waals surface area contributed by atoms with E-state index in [4.69, 9.17) is 0 Å². The topological polar surface area (TPSA) is 40.5 Å². The Morgan fingerprint density at radius 3 is 2.66 bits per heavy atom. The van der Waals surface area contributed by atoms with E-state index in [1.807, 2.05) is 13.8 Å². The average molecular weight is 401 g/mol. The predicted molar refractivity (Wildman–Crippen MR) is 123 cm³/mol. The van der Waals surface area contributed by atoms with E-state index in [9.17, 15) is 10.2 Å². The van der Waals surface area contributed by atoms with Crippen LogP contribution < -0.4 is 0 Å². The highest BCUT2D eigenvalue weighted by molar-refractivity contribution is 5.28. The third-order valence-electron chi connectivity index (χ3n) is 8.40. The molecular formula is C27H44O2. The molecule has 0 aliphatic heterocycles. The van der Waals surface area contributed by atoms with Crippen LogP contribution in [-0.2, 0) is 0 Å². The first kappa shape index (κ1) is 22.8. The van der Waals surface area contributed by atoms with E-state index in [0.29, 0.717) is 5.41 Å². The molecule has 0 heterocycles. The highest BCUT2D eigenvalue weighted by atomic mass is 16.3. The molecule has 3 aliphatic carbocycles. The lowest BCUT2D eigenvalue weighted by Crippen LogP contribution is -2.36. The number of hydrogen-bond acceptors (Lipinski definition) is 2. The van der Waals surface area contributed by atoms with Gasteiger partial charge in [-0.1, -0.05) is 56.6 Å². The largest absolute Gasteiger partial charge is 0.390 e. The van der Waals surface area contributed by atoms with E-state index < -0.39 is 5.60 Å². The smallest absolute Gasteiger partial charge is 0.0784 e. The first-order chi connectivity index (χ1) is 13.6. The molecule has 2 N–H and O–H groups in total. The average Bonchev–Trinajstić information content (AvgIpc) is 2.99. The Hall–Kier alpha value is -0.860. The van der Waals surface area contributed by atoms with Crippen molar-refractivity contribution >= 4 is 0 Å². The minimum absolute atomic E-state index is 0.342. The third-order valence-corrected chi connectivity index (χ3v) is 8.40. The SMILES string of the molecule is C=C1CC/C(=C/C=C2\CCC[C@@]3(C)C2CCC3[C@@H](C)CCCC(C)(C)O)C[C@H]1O. The van der Waals surface area contributed by atoms with Gasteiger partial charge in [-0.25, -0.2) is 0 Å². The van der Waals surface area contributed by atoms with Gasteiger partial charge in [0.1, 0.15) is 0 Å². The molecule has 3 aliphatic rings. The maximum Gasteiger partial charge on any atom is 0.0784 e. The molecule has 3 fully saturated rings. The van der Waals surface area contributed by atoms with Crippen molar-refractivity contribution in [2.75, 3.05) is 0 Å². The second kappa shape index (κ2) is 9.10. The molecule has 2 nitrogen and oxygen atoms in total. The van der Waals surface area contributed by atoms with Gasteiger partial charge in [-0.2, -0.15) is 0 Å². The fourth-order valence-electron chi connectivity index (χ4n) is 6.63. The molecule has 164 valence electrons. The second-order valence-electron chi connectivity index (χ2n) is 11.2. The molecule has 0 bridgehead atoms. The molecule has 2 heteroatoms. The minimum Gasteiger partial charge on any atom is -0.390 e. The van der Waals surface area contributed by atoms with Crippen molar-refractivity contribution in [2.24, 2.45) is 23.2 Å².